The van der Waals surface area contributed by atoms with E-state index in [0.29, 0.717) is 0 Å². The molecule has 0 saturated carbocycles. The fourth-order valence-electron chi connectivity index (χ4n) is 8.92. The lowest BCUT2D eigenvalue weighted by Gasteiger charge is -2.12. The number of allylic oxidation sites excluding steroid dienone is 2. The molecule has 0 fully saturated rings. The zero-order valence-corrected chi connectivity index (χ0v) is 41.7. The summed E-state index contributed by atoms with van der Waals surface area (Å²) in [6.45, 7) is 13.8. The van der Waals surface area contributed by atoms with E-state index < -0.39 is 0 Å². The van der Waals surface area contributed by atoms with Gasteiger partial charge in [-0.1, -0.05) is 233 Å². The molecule has 0 unspecified atom stereocenters. The Bertz CT molecular complexity index is 1360. The Morgan fingerprint density at radius 3 is 1.10 bits per heavy atom. The minimum atomic E-state index is 0.970. The van der Waals surface area contributed by atoms with Gasteiger partial charge in [0.25, 0.3) is 0 Å². The van der Waals surface area contributed by atoms with Crippen molar-refractivity contribution in [1.29, 1.82) is 0 Å². The Kier molecular flexibility index (Phi) is 35.1. The van der Waals surface area contributed by atoms with Gasteiger partial charge in [0.05, 0.1) is 22.8 Å². The topological polar surface area (TPSA) is 24.7 Å². The Balaban J connectivity index is 2.06. The third kappa shape index (κ3) is 28.8. The number of hydrogen-bond donors (Lipinski definition) is 0. The highest BCUT2D eigenvalue weighted by Crippen LogP contribution is 2.26. The SMILES string of the molecule is CCCCCCCCCCCCCCCCCCCCCC/C=C/C(=Nc1cc(CCC)cc(CCC)c1)C(CCCCC)=Nc1cc(CCCCC)cc(CCCCC)c1. The van der Waals surface area contributed by atoms with E-state index in [9.17, 15) is 0 Å². The highest BCUT2D eigenvalue weighted by Gasteiger charge is 2.11. The monoisotopic (exact) mass is 837 g/mol. The summed E-state index contributed by atoms with van der Waals surface area (Å²) < 4.78 is 0. The highest BCUT2D eigenvalue weighted by atomic mass is 14.8. The van der Waals surface area contributed by atoms with Crippen LogP contribution in [0.1, 0.15) is 276 Å². The van der Waals surface area contributed by atoms with Crippen LogP contribution in [0.3, 0.4) is 0 Å². The second-order valence-electron chi connectivity index (χ2n) is 18.9. The maximum atomic E-state index is 5.56. The molecule has 2 heteroatoms. The summed E-state index contributed by atoms with van der Waals surface area (Å²) in [7, 11) is 0. The fraction of sp³-hybridized carbons (Fsp3) is 0.729. The van der Waals surface area contributed by atoms with Crippen LogP contribution in [-0.4, -0.2) is 11.4 Å². The molecule has 2 aromatic carbocycles. The number of benzene rings is 2. The van der Waals surface area contributed by atoms with Crippen molar-refractivity contribution in [2.75, 3.05) is 0 Å². The molecule has 0 N–H and O–H groups in total. The van der Waals surface area contributed by atoms with E-state index in [1.807, 2.05) is 0 Å². The van der Waals surface area contributed by atoms with Crippen molar-refractivity contribution >= 4 is 22.8 Å². The second kappa shape index (κ2) is 39.1. The van der Waals surface area contributed by atoms with Crippen molar-refractivity contribution in [3.8, 4) is 0 Å². The molecular formula is C59H100N2. The minimum absolute atomic E-state index is 0.970. The van der Waals surface area contributed by atoms with Crippen LogP contribution < -0.4 is 0 Å². The second-order valence-corrected chi connectivity index (χ2v) is 18.9. The molecular weight excluding hydrogens is 737 g/mol. The van der Waals surface area contributed by atoms with Crippen LogP contribution >= 0.6 is 0 Å². The maximum Gasteiger partial charge on any atom is 0.0848 e. The van der Waals surface area contributed by atoms with Crippen LogP contribution in [0.2, 0.25) is 0 Å². The first kappa shape index (κ1) is 54.7. The number of aryl methyl sites for hydroxylation is 4. The summed E-state index contributed by atoms with van der Waals surface area (Å²) in [5, 5.41) is 0. The molecule has 0 heterocycles. The van der Waals surface area contributed by atoms with Crippen LogP contribution in [0, 0.1) is 0 Å². The maximum absolute atomic E-state index is 5.56. The molecule has 0 saturated heterocycles. The zero-order chi connectivity index (χ0) is 43.9. The molecule has 0 amide bonds. The number of aliphatic imine (C=N–C) groups is 2. The summed E-state index contributed by atoms with van der Waals surface area (Å²) in [4.78, 5) is 11.1. The van der Waals surface area contributed by atoms with Crippen LogP contribution in [-0.2, 0) is 25.7 Å². The zero-order valence-electron chi connectivity index (χ0n) is 41.7. The largest absolute Gasteiger partial charge is 0.251 e. The van der Waals surface area contributed by atoms with Crippen molar-refractivity contribution in [2.24, 2.45) is 9.98 Å². The standard InChI is InChI=1S/C59H100N2/c1-7-13-17-18-19-20-21-22-23-24-25-26-27-28-29-30-31-32-33-34-35-39-45-59(60-56-48-52(40-11-5)46-53(49-56)41-12-6)58(44-38-16-10-4)61-57-50-54(42-36-14-8-2)47-55(51-57)43-37-15-9-3/h39,45-51H,7-38,40-44H2,1-6H3/b45-39+,60-59?,61-58?. The van der Waals surface area contributed by atoms with Gasteiger partial charge in [0, 0.05) is 0 Å². The minimum Gasteiger partial charge on any atom is -0.251 e. The number of rotatable bonds is 41. The van der Waals surface area contributed by atoms with Gasteiger partial charge in [0.2, 0.25) is 0 Å². The van der Waals surface area contributed by atoms with E-state index in [1.165, 1.54) is 202 Å². The predicted molar refractivity (Wildman–Crippen MR) is 277 cm³/mol. The quantitative estimate of drug-likeness (QED) is 0.0471. The van der Waals surface area contributed by atoms with E-state index in [1.54, 1.807) is 0 Å². The molecule has 0 aliphatic rings. The fourth-order valence-corrected chi connectivity index (χ4v) is 8.92. The van der Waals surface area contributed by atoms with Gasteiger partial charge in [-0.05, 0) is 117 Å². The number of unbranched alkanes of at least 4 members (excludes halogenated alkanes) is 26. The van der Waals surface area contributed by atoms with E-state index in [4.69, 9.17) is 9.98 Å². The Morgan fingerprint density at radius 2 is 0.689 bits per heavy atom. The van der Waals surface area contributed by atoms with E-state index >= 15 is 0 Å². The third-order valence-electron chi connectivity index (χ3n) is 12.6. The Morgan fingerprint density at radius 1 is 0.344 bits per heavy atom. The molecule has 2 aromatic rings. The molecule has 0 bridgehead atoms. The molecule has 0 aliphatic heterocycles. The molecule has 2 nitrogen and oxygen atoms in total. The first-order valence-electron chi connectivity index (χ1n) is 27.1. The third-order valence-corrected chi connectivity index (χ3v) is 12.6. The normalized spacial score (nSPS) is 12.4. The van der Waals surface area contributed by atoms with Crippen molar-refractivity contribution in [2.45, 2.75) is 279 Å². The van der Waals surface area contributed by atoms with Gasteiger partial charge in [-0.2, -0.15) is 0 Å². The summed E-state index contributed by atoms with van der Waals surface area (Å²) in [6, 6.07) is 14.4. The van der Waals surface area contributed by atoms with Gasteiger partial charge in [-0.15, -0.1) is 0 Å². The van der Waals surface area contributed by atoms with Crippen LogP contribution in [0.5, 0.6) is 0 Å². The molecule has 2 rings (SSSR count). The van der Waals surface area contributed by atoms with Crippen molar-refractivity contribution in [1.82, 2.24) is 0 Å². The van der Waals surface area contributed by atoms with Crippen LogP contribution in [0.15, 0.2) is 58.5 Å². The summed E-state index contributed by atoms with van der Waals surface area (Å²) in [5.74, 6) is 0. The summed E-state index contributed by atoms with van der Waals surface area (Å²) in [6.07, 6.45) is 53.4. The van der Waals surface area contributed by atoms with Crippen LogP contribution in [0.25, 0.3) is 0 Å². The van der Waals surface area contributed by atoms with Crippen molar-refractivity contribution < 1.29 is 0 Å². The molecule has 0 aliphatic carbocycles. The lowest BCUT2D eigenvalue weighted by atomic mass is 9.99. The highest BCUT2D eigenvalue weighted by molar-refractivity contribution is 6.47. The molecule has 0 radical (unpaired) electrons. The first-order valence-corrected chi connectivity index (χ1v) is 27.1. The van der Waals surface area contributed by atoms with Crippen molar-refractivity contribution in [3.05, 3.63) is 70.8 Å². The van der Waals surface area contributed by atoms with Gasteiger partial charge in [0.1, 0.15) is 0 Å². The van der Waals surface area contributed by atoms with Gasteiger partial charge >= 0.3 is 0 Å². The Hall–Kier alpha value is -2.48. The van der Waals surface area contributed by atoms with Gasteiger partial charge in [-0.3, -0.25) is 4.99 Å². The molecule has 0 spiro atoms. The summed E-state index contributed by atoms with van der Waals surface area (Å²) >= 11 is 0. The smallest absolute Gasteiger partial charge is 0.0848 e. The summed E-state index contributed by atoms with van der Waals surface area (Å²) in [5.41, 5.74) is 10.2. The van der Waals surface area contributed by atoms with Gasteiger partial charge < -0.3 is 0 Å². The van der Waals surface area contributed by atoms with E-state index in [0.717, 1.165) is 80.6 Å². The molecule has 0 aromatic heterocycles. The number of hydrogen-bond acceptors (Lipinski definition) is 2. The van der Waals surface area contributed by atoms with E-state index in [-0.39, 0.29) is 0 Å². The van der Waals surface area contributed by atoms with Crippen LogP contribution in [0.4, 0.5) is 11.4 Å². The van der Waals surface area contributed by atoms with E-state index in [2.05, 4.69) is 90.1 Å². The molecule has 61 heavy (non-hydrogen) atoms. The lowest BCUT2D eigenvalue weighted by molar-refractivity contribution is 0.522. The molecule has 0 atom stereocenters. The average molecular weight is 837 g/mol. The lowest BCUT2D eigenvalue weighted by Crippen LogP contribution is -2.12. The number of nitrogens with zero attached hydrogens (tertiary/aromatic N) is 2. The average Bonchev–Trinajstić information content (AvgIpc) is 3.25. The van der Waals surface area contributed by atoms with Gasteiger partial charge in [-0.25, -0.2) is 4.99 Å². The molecule has 346 valence electrons. The van der Waals surface area contributed by atoms with Crippen molar-refractivity contribution in [3.63, 3.8) is 0 Å². The Labute approximate surface area is 381 Å². The predicted octanol–water partition coefficient (Wildman–Crippen LogP) is 20.3. The first-order chi connectivity index (χ1) is 30.1. The van der Waals surface area contributed by atoms with Gasteiger partial charge in [0.15, 0.2) is 0 Å².